The molecule has 0 aliphatic heterocycles. The molecule has 0 spiro atoms. The highest BCUT2D eigenvalue weighted by Crippen LogP contribution is 2.32. The summed E-state index contributed by atoms with van der Waals surface area (Å²) in [5.41, 5.74) is 7.01. The van der Waals surface area contributed by atoms with Crippen LogP contribution in [0.3, 0.4) is 0 Å². The van der Waals surface area contributed by atoms with Gasteiger partial charge in [0.05, 0.1) is 5.02 Å². The van der Waals surface area contributed by atoms with Crippen molar-refractivity contribution < 1.29 is 8.42 Å². The number of sulfonamides is 1. The van der Waals surface area contributed by atoms with Crippen molar-refractivity contribution in [2.75, 3.05) is 11.5 Å². The van der Waals surface area contributed by atoms with Crippen molar-refractivity contribution in [2.24, 2.45) is 0 Å². The molecule has 1 aliphatic carbocycles. The maximum Gasteiger partial charge on any atom is 0.242 e. The first kappa shape index (κ1) is 16.9. The standard InChI is InChI=1S/C14H21ClN2O2S2/c1-3-20-11-5-4-10(7-11)17-21(18,19)14-8-13(16)9(2)6-12(14)15/h6,8,10-11,17H,3-5,7,16H2,1-2H3. The number of thioether (sulfide) groups is 1. The van der Waals surface area contributed by atoms with Crippen LogP contribution >= 0.6 is 23.4 Å². The van der Waals surface area contributed by atoms with Gasteiger partial charge < -0.3 is 5.73 Å². The van der Waals surface area contributed by atoms with Gasteiger partial charge in [-0.15, -0.1) is 0 Å². The molecule has 0 bridgehead atoms. The molecule has 2 rings (SSSR count). The maximum atomic E-state index is 12.5. The summed E-state index contributed by atoms with van der Waals surface area (Å²) in [6.45, 7) is 3.92. The smallest absolute Gasteiger partial charge is 0.242 e. The highest BCUT2D eigenvalue weighted by atomic mass is 35.5. The van der Waals surface area contributed by atoms with Crippen LogP contribution in [0.15, 0.2) is 17.0 Å². The summed E-state index contributed by atoms with van der Waals surface area (Å²) in [6, 6.07) is 3.01. The zero-order valence-corrected chi connectivity index (χ0v) is 14.6. The Kier molecular flexibility index (Phi) is 5.46. The number of aryl methyl sites for hydroxylation is 1. The van der Waals surface area contributed by atoms with Crippen molar-refractivity contribution in [3.05, 3.63) is 22.7 Å². The van der Waals surface area contributed by atoms with Crippen LogP contribution in [-0.4, -0.2) is 25.5 Å². The van der Waals surface area contributed by atoms with E-state index in [-0.39, 0.29) is 16.0 Å². The number of nitrogens with two attached hydrogens (primary N) is 1. The second kappa shape index (κ2) is 6.77. The number of anilines is 1. The van der Waals surface area contributed by atoms with Crippen LogP contribution in [0.1, 0.15) is 31.7 Å². The molecular formula is C14H21ClN2O2S2. The number of nitrogen functional groups attached to an aromatic ring is 1. The van der Waals surface area contributed by atoms with Gasteiger partial charge in [0, 0.05) is 17.0 Å². The molecule has 1 aliphatic rings. The predicted octanol–water partition coefficient (Wildman–Crippen LogP) is 3.18. The summed E-state index contributed by atoms with van der Waals surface area (Å²) < 4.78 is 27.7. The van der Waals surface area contributed by atoms with Crippen molar-refractivity contribution in [3.63, 3.8) is 0 Å². The average Bonchev–Trinajstić information content (AvgIpc) is 2.80. The van der Waals surface area contributed by atoms with Gasteiger partial charge in [-0.1, -0.05) is 18.5 Å². The van der Waals surface area contributed by atoms with Crippen LogP contribution in [0.5, 0.6) is 0 Å². The first-order valence-corrected chi connectivity index (χ1v) is 9.94. The van der Waals surface area contributed by atoms with Gasteiger partial charge in [0.2, 0.25) is 10.0 Å². The molecule has 21 heavy (non-hydrogen) atoms. The second-order valence-electron chi connectivity index (χ2n) is 5.35. The lowest BCUT2D eigenvalue weighted by molar-refractivity contribution is 0.552. The molecule has 0 heterocycles. The van der Waals surface area contributed by atoms with Crippen LogP contribution in [0, 0.1) is 6.92 Å². The third kappa shape index (κ3) is 4.06. The van der Waals surface area contributed by atoms with Crippen LogP contribution in [0.25, 0.3) is 0 Å². The summed E-state index contributed by atoms with van der Waals surface area (Å²) in [5.74, 6) is 1.06. The molecule has 3 N–H and O–H groups in total. The minimum atomic E-state index is -3.62. The van der Waals surface area contributed by atoms with E-state index in [0.29, 0.717) is 10.9 Å². The minimum absolute atomic E-state index is 0.0161. The number of halogens is 1. The topological polar surface area (TPSA) is 72.2 Å². The van der Waals surface area contributed by atoms with Crippen LogP contribution < -0.4 is 10.5 Å². The lowest BCUT2D eigenvalue weighted by Crippen LogP contribution is -2.33. The lowest BCUT2D eigenvalue weighted by Gasteiger charge is -2.15. The van der Waals surface area contributed by atoms with Crippen molar-refractivity contribution in [2.45, 2.75) is 49.3 Å². The normalized spacial score (nSPS) is 22.6. The van der Waals surface area contributed by atoms with Gasteiger partial charge in [0.1, 0.15) is 4.90 Å². The molecular weight excluding hydrogens is 328 g/mol. The Morgan fingerprint density at radius 1 is 1.43 bits per heavy atom. The van der Waals surface area contributed by atoms with Crippen molar-refractivity contribution in [1.29, 1.82) is 0 Å². The molecule has 2 unspecified atom stereocenters. The molecule has 0 radical (unpaired) electrons. The van der Waals surface area contributed by atoms with Gasteiger partial charge in [-0.2, -0.15) is 11.8 Å². The van der Waals surface area contributed by atoms with E-state index in [0.717, 1.165) is 30.6 Å². The second-order valence-corrected chi connectivity index (χ2v) is 9.01. The Hall–Kier alpha value is -0.430. The van der Waals surface area contributed by atoms with Crippen molar-refractivity contribution >= 4 is 39.1 Å². The number of rotatable bonds is 5. The van der Waals surface area contributed by atoms with E-state index in [2.05, 4.69) is 11.6 Å². The van der Waals surface area contributed by atoms with E-state index in [9.17, 15) is 8.42 Å². The lowest BCUT2D eigenvalue weighted by atomic mass is 10.2. The van der Waals surface area contributed by atoms with Crippen LogP contribution in [-0.2, 0) is 10.0 Å². The Balaban J connectivity index is 2.14. The Morgan fingerprint density at radius 3 is 2.81 bits per heavy atom. The fourth-order valence-corrected chi connectivity index (χ4v) is 5.63. The Morgan fingerprint density at radius 2 is 2.14 bits per heavy atom. The van der Waals surface area contributed by atoms with Crippen LogP contribution in [0.4, 0.5) is 5.69 Å². The third-order valence-corrected chi connectivity index (χ3v) is 6.94. The highest BCUT2D eigenvalue weighted by molar-refractivity contribution is 7.99. The zero-order chi connectivity index (χ0) is 15.6. The van der Waals surface area contributed by atoms with E-state index in [4.69, 9.17) is 17.3 Å². The minimum Gasteiger partial charge on any atom is -0.398 e. The molecule has 0 saturated heterocycles. The zero-order valence-electron chi connectivity index (χ0n) is 12.2. The number of nitrogens with one attached hydrogen (secondary N) is 1. The van der Waals surface area contributed by atoms with Gasteiger partial charge in [0.15, 0.2) is 0 Å². The van der Waals surface area contributed by atoms with Gasteiger partial charge in [0.25, 0.3) is 0 Å². The maximum absolute atomic E-state index is 12.5. The number of hydrogen-bond acceptors (Lipinski definition) is 4. The van der Waals surface area contributed by atoms with Crippen LogP contribution in [0.2, 0.25) is 5.02 Å². The van der Waals surface area contributed by atoms with E-state index in [1.807, 2.05) is 11.8 Å². The molecule has 118 valence electrons. The fourth-order valence-electron chi connectivity index (χ4n) is 2.59. The monoisotopic (exact) mass is 348 g/mol. The summed E-state index contributed by atoms with van der Waals surface area (Å²) in [6.07, 6.45) is 2.79. The quantitative estimate of drug-likeness (QED) is 0.801. The first-order valence-electron chi connectivity index (χ1n) is 7.03. The van der Waals surface area contributed by atoms with E-state index in [1.54, 1.807) is 13.0 Å². The predicted molar refractivity (Wildman–Crippen MR) is 90.5 cm³/mol. The summed E-state index contributed by atoms with van der Waals surface area (Å²) in [4.78, 5) is 0.0684. The molecule has 1 saturated carbocycles. The van der Waals surface area contributed by atoms with Crippen molar-refractivity contribution in [3.8, 4) is 0 Å². The Bertz CT molecular complexity index is 620. The number of hydrogen-bond donors (Lipinski definition) is 2. The molecule has 7 heteroatoms. The average molecular weight is 349 g/mol. The Labute approximate surface area is 135 Å². The van der Waals surface area contributed by atoms with E-state index < -0.39 is 10.0 Å². The van der Waals surface area contributed by atoms with E-state index >= 15 is 0 Å². The van der Waals surface area contributed by atoms with Gasteiger partial charge >= 0.3 is 0 Å². The summed E-state index contributed by atoms with van der Waals surface area (Å²) in [5, 5.41) is 0.757. The molecule has 0 amide bonds. The summed E-state index contributed by atoms with van der Waals surface area (Å²) in [7, 11) is -3.62. The van der Waals surface area contributed by atoms with E-state index in [1.165, 1.54) is 6.07 Å². The largest absolute Gasteiger partial charge is 0.398 e. The molecule has 1 fully saturated rings. The van der Waals surface area contributed by atoms with Gasteiger partial charge in [-0.3, -0.25) is 0 Å². The molecule has 1 aromatic carbocycles. The third-order valence-electron chi connectivity index (χ3n) is 3.72. The summed E-state index contributed by atoms with van der Waals surface area (Å²) >= 11 is 7.96. The fraction of sp³-hybridized carbons (Fsp3) is 0.571. The highest BCUT2D eigenvalue weighted by Gasteiger charge is 2.29. The molecule has 2 atom stereocenters. The van der Waals surface area contributed by atoms with Gasteiger partial charge in [-0.25, -0.2) is 13.1 Å². The first-order chi connectivity index (χ1) is 9.83. The molecule has 4 nitrogen and oxygen atoms in total. The molecule has 1 aromatic rings. The SMILES string of the molecule is CCSC1CCC(NS(=O)(=O)c2cc(N)c(C)cc2Cl)C1. The van der Waals surface area contributed by atoms with Gasteiger partial charge in [-0.05, 0) is 49.6 Å². The molecule has 0 aromatic heterocycles. The number of benzene rings is 1. The van der Waals surface area contributed by atoms with Crippen molar-refractivity contribution in [1.82, 2.24) is 4.72 Å².